The highest BCUT2D eigenvalue weighted by Crippen LogP contribution is 2.18. The number of hydrogen-bond donors (Lipinski definition) is 2. The van der Waals surface area contributed by atoms with Gasteiger partial charge in [-0.3, -0.25) is 9.69 Å². The molecule has 0 aromatic heterocycles. The summed E-state index contributed by atoms with van der Waals surface area (Å²) in [7, 11) is 0. The van der Waals surface area contributed by atoms with Crippen LogP contribution in [0.15, 0.2) is 0 Å². The van der Waals surface area contributed by atoms with Crippen molar-refractivity contribution in [2.24, 2.45) is 5.41 Å². The van der Waals surface area contributed by atoms with Crippen molar-refractivity contribution in [3.8, 4) is 0 Å². The minimum absolute atomic E-state index is 0.138. The fourth-order valence-corrected chi connectivity index (χ4v) is 2.90. The Bertz CT molecular complexity index is 281. The molecule has 1 fully saturated rings. The summed E-state index contributed by atoms with van der Waals surface area (Å²) in [5.41, 5.74) is 0.167. The van der Waals surface area contributed by atoms with Crippen molar-refractivity contribution < 1.29 is 9.90 Å². The first-order valence-electron chi connectivity index (χ1n) is 8.03. The van der Waals surface area contributed by atoms with Crippen molar-refractivity contribution in [2.75, 3.05) is 26.2 Å². The van der Waals surface area contributed by atoms with Crippen LogP contribution in [0.1, 0.15) is 59.3 Å². The number of aliphatic hydroxyl groups excluding tert-OH is 1. The molecule has 0 aromatic rings. The maximum Gasteiger partial charge on any atom is 0.234 e. The van der Waals surface area contributed by atoms with Crippen molar-refractivity contribution in [1.82, 2.24) is 10.2 Å². The summed E-state index contributed by atoms with van der Waals surface area (Å²) in [5, 5.41) is 12.1. The van der Waals surface area contributed by atoms with Gasteiger partial charge >= 0.3 is 0 Å². The van der Waals surface area contributed by atoms with Crippen LogP contribution in [0.25, 0.3) is 0 Å². The van der Waals surface area contributed by atoms with E-state index in [4.69, 9.17) is 5.11 Å². The normalized spacial score (nSPS) is 17.4. The Morgan fingerprint density at radius 2 is 1.90 bits per heavy atom. The van der Waals surface area contributed by atoms with Gasteiger partial charge in [0.25, 0.3) is 0 Å². The summed E-state index contributed by atoms with van der Waals surface area (Å²) >= 11 is 0. The van der Waals surface area contributed by atoms with E-state index in [-0.39, 0.29) is 17.9 Å². The lowest BCUT2D eigenvalue weighted by Crippen LogP contribution is -2.45. The van der Waals surface area contributed by atoms with E-state index in [1.165, 1.54) is 19.3 Å². The zero-order valence-corrected chi connectivity index (χ0v) is 13.5. The van der Waals surface area contributed by atoms with Gasteiger partial charge < -0.3 is 10.4 Å². The van der Waals surface area contributed by atoms with Gasteiger partial charge in [-0.05, 0) is 24.7 Å². The molecule has 1 amide bonds. The molecule has 20 heavy (non-hydrogen) atoms. The third-order valence-corrected chi connectivity index (χ3v) is 3.67. The van der Waals surface area contributed by atoms with E-state index in [0.29, 0.717) is 12.6 Å². The molecule has 0 atom stereocenters. The summed E-state index contributed by atoms with van der Waals surface area (Å²) in [6.45, 7) is 8.84. The lowest BCUT2D eigenvalue weighted by atomic mass is 9.95. The standard InChI is InChI=1S/C16H32N2O2/c1-16(2,3)13-18(10-7-11-19)12-15(20)17-14-8-5-4-6-9-14/h14,19H,4-13H2,1-3H3,(H,17,20). The minimum atomic E-state index is 0.138. The number of amides is 1. The molecule has 0 bridgehead atoms. The Kier molecular flexibility index (Phi) is 7.52. The first kappa shape index (κ1) is 17.4. The van der Waals surface area contributed by atoms with Crippen LogP contribution < -0.4 is 5.32 Å². The van der Waals surface area contributed by atoms with E-state index in [9.17, 15) is 4.79 Å². The summed E-state index contributed by atoms with van der Waals surface area (Å²) in [5.74, 6) is 0.138. The molecule has 0 unspecified atom stereocenters. The molecule has 4 nitrogen and oxygen atoms in total. The van der Waals surface area contributed by atoms with Gasteiger partial charge in [0, 0.05) is 25.7 Å². The van der Waals surface area contributed by atoms with Crippen LogP contribution in [0.2, 0.25) is 0 Å². The number of rotatable bonds is 7. The minimum Gasteiger partial charge on any atom is -0.396 e. The lowest BCUT2D eigenvalue weighted by Gasteiger charge is -2.30. The van der Waals surface area contributed by atoms with Gasteiger partial charge in [-0.2, -0.15) is 0 Å². The van der Waals surface area contributed by atoms with Crippen molar-refractivity contribution in [1.29, 1.82) is 0 Å². The highest BCUT2D eigenvalue weighted by atomic mass is 16.3. The zero-order valence-electron chi connectivity index (χ0n) is 13.5. The summed E-state index contributed by atoms with van der Waals surface area (Å²) in [6, 6.07) is 0.380. The fraction of sp³-hybridized carbons (Fsp3) is 0.938. The predicted octanol–water partition coefficient (Wildman–Crippen LogP) is 2.17. The largest absolute Gasteiger partial charge is 0.396 e. The Hall–Kier alpha value is -0.610. The molecule has 0 aliphatic heterocycles. The topological polar surface area (TPSA) is 52.6 Å². The van der Waals surface area contributed by atoms with E-state index in [1.54, 1.807) is 0 Å². The third kappa shape index (κ3) is 7.85. The van der Waals surface area contributed by atoms with Gasteiger partial charge in [-0.25, -0.2) is 0 Å². The van der Waals surface area contributed by atoms with Gasteiger partial charge in [0.05, 0.1) is 6.54 Å². The SMILES string of the molecule is CC(C)(C)CN(CCCO)CC(=O)NC1CCCCC1. The summed E-state index contributed by atoms with van der Waals surface area (Å²) in [6.07, 6.45) is 6.76. The predicted molar refractivity (Wildman–Crippen MR) is 82.6 cm³/mol. The first-order valence-corrected chi connectivity index (χ1v) is 8.03. The van der Waals surface area contributed by atoms with E-state index in [2.05, 4.69) is 31.0 Å². The number of carbonyl (C=O) groups excluding carboxylic acids is 1. The van der Waals surface area contributed by atoms with Crippen LogP contribution in [-0.2, 0) is 4.79 Å². The highest BCUT2D eigenvalue weighted by Gasteiger charge is 2.20. The molecule has 118 valence electrons. The van der Waals surface area contributed by atoms with Gasteiger partial charge in [-0.1, -0.05) is 40.0 Å². The Morgan fingerprint density at radius 1 is 1.25 bits per heavy atom. The van der Waals surface area contributed by atoms with E-state index < -0.39 is 0 Å². The Labute approximate surface area is 123 Å². The van der Waals surface area contributed by atoms with Crippen LogP contribution >= 0.6 is 0 Å². The molecule has 0 aromatic carbocycles. The molecule has 1 saturated carbocycles. The summed E-state index contributed by atoms with van der Waals surface area (Å²) < 4.78 is 0. The van der Waals surface area contributed by atoms with Crippen LogP contribution in [0.3, 0.4) is 0 Å². The van der Waals surface area contributed by atoms with Gasteiger partial charge in [-0.15, -0.1) is 0 Å². The van der Waals surface area contributed by atoms with Crippen molar-refractivity contribution in [3.63, 3.8) is 0 Å². The smallest absolute Gasteiger partial charge is 0.234 e. The lowest BCUT2D eigenvalue weighted by molar-refractivity contribution is -0.123. The average molecular weight is 284 g/mol. The maximum absolute atomic E-state index is 12.2. The molecular weight excluding hydrogens is 252 g/mol. The van der Waals surface area contributed by atoms with Gasteiger partial charge in [0.1, 0.15) is 0 Å². The average Bonchev–Trinajstić information content (AvgIpc) is 2.35. The third-order valence-electron chi connectivity index (χ3n) is 3.67. The molecule has 0 saturated heterocycles. The first-order chi connectivity index (χ1) is 9.40. The highest BCUT2D eigenvalue weighted by molar-refractivity contribution is 5.78. The van der Waals surface area contributed by atoms with Crippen molar-refractivity contribution >= 4 is 5.91 Å². The quantitative estimate of drug-likeness (QED) is 0.753. The zero-order chi connectivity index (χ0) is 15.0. The molecule has 0 spiro atoms. The molecule has 1 aliphatic rings. The molecule has 1 aliphatic carbocycles. The Balaban J connectivity index is 2.39. The molecule has 4 heteroatoms. The fourth-order valence-electron chi connectivity index (χ4n) is 2.90. The number of nitrogens with one attached hydrogen (secondary N) is 1. The van der Waals surface area contributed by atoms with Crippen LogP contribution in [-0.4, -0.2) is 48.2 Å². The number of carbonyl (C=O) groups is 1. The second-order valence-corrected chi connectivity index (χ2v) is 7.25. The van der Waals surface area contributed by atoms with Crippen LogP contribution in [0, 0.1) is 5.41 Å². The number of aliphatic hydroxyl groups is 1. The summed E-state index contributed by atoms with van der Waals surface area (Å²) in [4.78, 5) is 14.3. The van der Waals surface area contributed by atoms with E-state index in [1.807, 2.05) is 0 Å². The molecule has 0 heterocycles. The number of nitrogens with zero attached hydrogens (tertiary/aromatic N) is 1. The maximum atomic E-state index is 12.2. The Morgan fingerprint density at radius 3 is 2.45 bits per heavy atom. The van der Waals surface area contributed by atoms with Gasteiger partial charge in [0.15, 0.2) is 0 Å². The monoisotopic (exact) mass is 284 g/mol. The van der Waals surface area contributed by atoms with E-state index >= 15 is 0 Å². The molecule has 2 N–H and O–H groups in total. The van der Waals surface area contributed by atoms with Crippen LogP contribution in [0.5, 0.6) is 0 Å². The van der Waals surface area contributed by atoms with E-state index in [0.717, 1.165) is 32.4 Å². The molecule has 1 rings (SSSR count). The van der Waals surface area contributed by atoms with Crippen molar-refractivity contribution in [2.45, 2.75) is 65.3 Å². The number of hydrogen-bond acceptors (Lipinski definition) is 3. The second-order valence-electron chi connectivity index (χ2n) is 7.25. The van der Waals surface area contributed by atoms with Crippen LogP contribution in [0.4, 0.5) is 0 Å². The van der Waals surface area contributed by atoms with Crippen molar-refractivity contribution in [3.05, 3.63) is 0 Å². The molecular formula is C16H32N2O2. The molecule has 0 radical (unpaired) electrons. The second kappa shape index (κ2) is 8.63. The van der Waals surface area contributed by atoms with Gasteiger partial charge in [0.2, 0.25) is 5.91 Å².